The molecule has 1 saturated carbocycles. The van der Waals surface area contributed by atoms with Gasteiger partial charge in [0.25, 0.3) is 5.91 Å². The summed E-state index contributed by atoms with van der Waals surface area (Å²) in [5.74, 6) is -0.0804. The average molecular weight is 297 g/mol. The molecule has 0 saturated heterocycles. The minimum Gasteiger partial charge on any atom is -0.398 e. The standard InChI is InChI=1S/C13H17BrN2O/c1-13(5-2-6-13)8-16-12(17)10-4-3-9(14)7-11(10)15/h3-4,7H,2,5-6,8,15H2,1H3,(H,16,17). The van der Waals surface area contributed by atoms with Gasteiger partial charge < -0.3 is 11.1 Å². The van der Waals surface area contributed by atoms with Crippen molar-refractivity contribution in [2.24, 2.45) is 5.41 Å². The fourth-order valence-electron chi connectivity index (χ4n) is 2.09. The van der Waals surface area contributed by atoms with E-state index in [1.165, 1.54) is 19.3 Å². The lowest BCUT2D eigenvalue weighted by molar-refractivity contribution is 0.0891. The monoisotopic (exact) mass is 296 g/mol. The van der Waals surface area contributed by atoms with Crippen LogP contribution in [0, 0.1) is 5.41 Å². The number of hydrogen-bond acceptors (Lipinski definition) is 2. The Morgan fingerprint density at radius 1 is 1.53 bits per heavy atom. The molecule has 17 heavy (non-hydrogen) atoms. The third kappa shape index (κ3) is 2.80. The van der Waals surface area contributed by atoms with Crippen LogP contribution in [0.3, 0.4) is 0 Å². The second-order valence-corrected chi connectivity index (χ2v) is 5.99. The second-order valence-electron chi connectivity index (χ2n) is 5.08. The van der Waals surface area contributed by atoms with Crippen LogP contribution in [0.4, 0.5) is 5.69 Å². The Morgan fingerprint density at radius 3 is 2.76 bits per heavy atom. The molecular weight excluding hydrogens is 280 g/mol. The van der Waals surface area contributed by atoms with E-state index in [4.69, 9.17) is 5.73 Å². The summed E-state index contributed by atoms with van der Waals surface area (Å²) in [6.07, 6.45) is 3.67. The van der Waals surface area contributed by atoms with Crippen LogP contribution >= 0.6 is 15.9 Å². The molecule has 2 rings (SSSR count). The Balaban J connectivity index is 1.99. The number of nitrogens with two attached hydrogens (primary N) is 1. The summed E-state index contributed by atoms with van der Waals surface area (Å²) in [7, 11) is 0. The fourth-order valence-corrected chi connectivity index (χ4v) is 2.47. The number of hydrogen-bond donors (Lipinski definition) is 2. The molecule has 1 aromatic carbocycles. The molecule has 92 valence electrons. The van der Waals surface area contributed by atoms with E-state index < -0.39 is 0 Å². The third-order valence-corrected chi connectivity index (χ3v) is 3.99. The van der Waals surface area contributed by atoms with Crippen LogP contribution in [0.2, 0.25) is 0 Å². The van der Waals surface area contributed by atoms with Gasteiger partial charge in [-0.3, -0.25) is 4.79 Å². The number of rotatable bonds is 3. The Bertz CT molecular complexity index is 441. The number of amides is 1. The summed E-state index contributed by atoms with van der Waals surface area (Å²) in [5, 5.41) is 2.97. The minimum absolute atomic E-state index is 0.0804. The lowest BCUT2D eigenvalue weighted by atomic mass is 9.70. The Hall–Kier alpha value is -1.03. The van der Waals surface area contributed by atoms with Crippen molar-refractivity contribution < 1.29 is 4.79 Å². The Labute approximate surface area is 110 Å². The maximum Gasteiger partial charge on any atom is 0.253 e. The first-order valence-electron chi connectivity index (χ1n) is 5.83. The average Bonchev–Trinajstić information content (AvgIpc) is 2.23. The molecule has 0 spiro atoms. The molecule has 1 fully saturated rings. The van der Waals surface area contributed by atoms with E-state index in [2.05, 4.69) is 28.2 Å². The summed E-state index contributed by atoms with van der Waals surface area (Å²) in [6.45, 7) is 2.95. The van der Waals surface area contributed by atoms with Gasteiger partial charge in [-0.1, -0.05) is 29.3 Å². The topological polar surface area (TPSA) is 55.1 Å². The van der Waals surface area contributed by atoms with Crippen molar-refractivity contribution in [3.63, 3.8) is 0 Å². The number of nitrogens with one attached hydrogen (secondary N) is 1. The molecule has 1 aliphatic carbocycles. The van der Waals surface area contributed by atoms with Gasteiger partial charge in [0, 0.05) is 16.7 Å². The highest BCUT2D eigenvalue weighted by atomic mass is 79.9. The van der Waals surface area contributed by atoms with Crippen LogP contribution < -0.4 is 11.1 Å². The summed E-state index contributed by atoms with van der Waals surface area (Å²) >= 11 is 3.32. The van der Waals surface area contributed by atoms with Crippen LogP contribution in [-0.4, -0.2) is 12.5 Å². The van der Waals surface area contributed by atoms with Crippen LogP contribution in [-0.2, 0) is 0 Å². The van der Waals surface area contributed by atoms with Crippen LogP contribution in [0.15, 0.2) is 22.7 Å². The fraction of sp³-hybridized carbons (Fsp3) is 0.462. The van der Waals surface area contributed by atoms with Crippen LogP contribution in [0.5, 0.6) is 0 Å². The van der Waals surface area contributed by atoms with Crippen LogP contribution in [0.1, 0.15) is 36.5 Å². The van der Waals surface area contributed by atoms with Gasteiger partial charge in [0.2, 0.25) is 0 Å². The number of anilines is 1. The zero-order valence-electron chi connectivity index (χ0n) is 9.92. The first-order valence-corrected chi connectivity index (χ1v) is 6.63. The lowest BCUT2D eigenvalue weighted by Gasteiger charge is -2.38. The van der Waals surface area contributed by atoms with Gasteiger partial charge in [0.05, 0.1) is 5.56 Å². The van der Waals surface area contributed by atoms with E-state index >= 15 is 0 Å². The molecule has 3 N–H and O–H groups in total. The molecule has 0 aliphatic heterocycles. The molecule has 0 heterocycles. The summed E-state index contributed by atoms with van der Waals surface area (Å²) < 4.78 is 0.887. The Kier molecular flexibility index (Phi) is 3.43. The number of benzene rings is 1. The van der Waals surface area contributed by atoms with Gasteiger partial charge in [-0.25, -0.2) is 0 Å². The van der Waals surface area contributed by atoms with Crippen molar-refractivity contribution in [2.75, 3.05) is 12.3 Å². The number of halogens is 1. The Morgan fingerprint density at radius 2 is 2.24 bits per heavy atom. The number of nitrogen functional groups attached to an aromatic ring is 1. The van der Waals surface area contributed by atoms with Crippen molar-refractivity contribution in [3.8, 4) is 0 Å². The largest absolute Gasteiger partial charge is 0.398 e. The van der Waals surface area contributed by atoms with Gasteiger partial charge in [-0.15, -0.1) is 0 Å². The molecule has 0 atom stereocenters. The molecule has 0 bridgehead atoms. The van der Waals surface area contributed by atoms with Gasteiger partial charge >= 0.3 is 0 Å². The number of carbonyl (C=O) groups is 1. The van der Waals surface area contributed by atoms with Crippen molar-refractivity contribution in [1.82, 2.24) is 5.32 Å². The zero-order valence-corrected chi connectivity index (χ0v) is 11.5. The normalized spacial score (nSPS) is 17.3. The number of carbonyl (C=O) groups excluding carboxylic acids is 1. The maximum absolute atomic E-state index is 12.0. The van der Waals surface area contributed by atoms with E-state index in [0.717, 1.165) is 11.0 Å². The molecule has 3 nitrogen and oxygen atoms in total. The smallest absolute Gasteiger partial charge is 0.253 e. The molecule has 1 aliphatic rings. The highest BCUT2D eigenvalue weighted by molar-refractivity contribution is 9.10. The first kappa shape index (κ1) is 12.4. The molecule has 0 unspecified atom stereocenters. The third-order valence-electron chi connectivity index (χ3n) is 3.49. The van der Waals surface area contributed by atoms with Crippen molar-refractivity contribution in [1.29, 1.82) is 0 Å². The van der Waals surface area contributed by atoms with E-state index in [0.29, 0.717) is 16.7 Å². The van der Waals surface area contributed by atoms with Gasteiger partial charge in [-0.2, -0.15) is 0 Å². The van der Waals surface area contributed by atoms with Crippen molar-refractivity contribution in [2.45, 2.75) is 26.2 Å². The minimum atomic E-state index is -0.0804. The highest BCUT2D eigenvalue weighted by Gasteiger charge is 2.32. The van der Waals surface area contributed by atoms with Gasteiger partial charge in [0.1, 0.15) is 0 Å². The quantitative estimate of drug-likeness (QED) is 0.843. The van der Waals surface area contributed by atoms with Gasteiger partial charge in [-0.05, 0) is 36.5 Å². The van der Waals surface area contributed by atoms with E-state index in [1.54, 1.807) is 12.1 Å². The van der Waals surface area contributed by atoms with Gasteiger partial charge in [0.15, 0.2) is 0 Å². The van der Waals surface area contributed by atoms with E-state index in [-0.39, 0.29) is 5.91 Å². The summed E-state index contributed by atoms with van der Waals surface area (Å²) in [6, 6.07) is 5.33. The lowest BCUT2D eigenvalue weighted by Crippen LogP contribution is -2.40. The van der Waals surface area contributed by atoms with E-state index in [9.17, 15) is 4.79 Å². The summed E-state index contributed by atoms with van der Waals surface area (Å²) in [5.41, 5.74) is 7.17. The second kappa shape index (κ2) is 4.69. The predicted octanol–water partition coefficient (Wildman–Crippen LogP) is 2.95. The molecule has 1 aromatic rings. The highest BCUT2D eigenvalue weighted by Crippen LogP contribution is 2.39. The SMILES string of the molecule is CC1(CNC(=O)c2ccc(Br)cc2N)CCC1. The van der Waals surface area contributed by atoms with Crippen molar-refractivity contribution >= 4 is 27.5 Å². The first-order chi connectivity index (χ1) is 8.00. The molecule has 4 heteroatoms. The molecule has 1 amide bonds. The zero-order chi connectivity index (χ0) is 12.5. The van der Waals surface area contributed by atoms with E-state index in [1.807, 2.05) is 6.07 Å². The van der Waals surface area contributed by atoms with Crippen LogP contribution in [0.25, 0.3) is 0 Å². The predicted molar refractivity (Wildman–Crippen MR) is 72.8 cm³/mol. The molecule has 0 aromatic heterocycles. The summed E-state index contributed by atoms with van der Waals surface area (Å²) in [4.78, 5) is 12.0. The molecule has 0 radical (unpaired) electrons. The maximum atomic E-state index is 12.0. The van der Waals surface area contributed by atoms with Crippen molar-refractivity contribution in [3.05, 3.63) is 28.2 Å². The molecular formula is C13H17BrN2O.